The molecule has 3 N–H and O–H groups in total. The molecule has 1 saturated carbocycles. The molecule has 1 rings (SSSR count). The van der Waals surface area contributed by atoms with Gasteiger partial charge in [-0.25, -0.2) is 8.42 Å². The first-order chi connectivity index (χ1) is 7.34. The predicted octanol–water partition coefficient (Wildman–Crippen LogP) is -0.318. The van der Waals surface area contributed by atoms with Gasteiger partial charge in [0.15, 0.2) is 0 Å². The summed E-state index contributed by atoms with van der Waals surface area (Å²) in [5.74, 6) is -1.36. The molecule has 7 heteroatoms. The number of carboxylic acid groups (broad SMARTS) is 1. The van der Waals surface area contributed by atoms with Crippen LogP contribution in [0.1, 0.15) is 32.6 Å². The van der Waals surface area contributed by atoms with E-state index < -0.39 is 33.4 Å². The van der Waals surface area contributed by atoms with Crippen molar-refractivity contribution in [3.8, 4) is 0 Å². The van der Waals surface area contributed by atoms with E-state index in [0.717, 1.165) is 12.8 Å². The highest BCUT2D eigenvalue weighted by Crippen LogP contribution is 2.24. The molecule has 0 heterocycles. The molecule has 0 aromatic heterocycles. The lowest BCUT2D eigenvalue weighted by Crippen LogP contribution is -2.49. The fraction of sp³-hybridized carbons (Fsp3) is 0.889. The van der Waals surface area contributed by atoms with Gasteiger partial charge in [-0.15, -0.1) is 0 Å². The molecule has 0 aromatic carbocycles. The van der Waals surface area contributed by atoms with Crippen molar-refractivity contribution in [1.29, 1.82) is 0 Å². The van der Waals surface area contributed by atoms with Gasteiger partial charge in [0.1, 0.15) is 6.04 Å². The Morgan fingerprint density at radius 2 is 1.88 bits per heavy atom. The maximum atomic E-state index is 11.8. The normalized spacial score (nSPS) is 21.9. The van der Waals surface area contributed by atoms with Gasteiger partial charge in [-0.1, -0.05) is 12.8 Å². The van der Waals surface area contributed by atoms with Gasteiger partial charge in [0.05, 0.1) is 11.4 Å². The predicted molar refractivity (Wildman–Crippen MR) is 57.4 cm³/mol. The van der Waals surface area contributed by atoms with Gasteiger partial charge in [-0.3, -0.25) is 4.79 Å². The van der Waals surface area contributed by atoms with Crippen LogP contribution in [-0.2, 0) is 14.8 Å². The van der Waals surface area contributed by atoms with Crippen molar-refractivity contribution >= 4 is 16.0 Å². The van der Waals surface area contributed by atoms with E-state index in [-0.39, 0.29) is 0 Å². The molecule has 0 unspecified atom stereocenters. The van der Waals surface area contributed by atoms with Crippen LogP contribution in [0.2, 0.25) is 0 Å². The van der Waals surface area contributed by atoms with Crippen LogP contribution in [0.15, 0.2) is 0 Å². The number of hydrogen-bond donors (Lipinski definition) is 3. The summed E-state index contributed by atoms with van der Waals surface area (Å²) in [6.07, 6.45) is 1.55. The average molecular weight is 251 g/mol. The van der Waals surface area contributed by atoms with Crippen molar-refractivity contribution in [3.05, 3.63) is 0 Å². The maximum absolute atomic E-state index is 11.8. The van der Waals surface area contributed by atoms with Crippen molar-refractivity contribution in [2.24, 2.45) is 0 Å². The van der Waals surface area contributed by atoms with Gasteiger partial charge >= 0.3 is 5.97 Å². The standard InChI is InChI=1S/C9H17NO5S/c1-6(11)8(9(12)13)10-16(14,15)7-4-2-3-5-7/h6-8,10-11H,2-5H2,1H3,(H,12,13)/t6-,8+/m1/s1. The molecule has 0 spiro atoms. The number of aliphatic hydroxyl groups is 1. The minimum absolute atomic E-state index is 0.520. The molecule has 1 aliphatic rings. The smallest absolute Gasteiger partial charge is 0.324 e. The molecule has 0 aromatic rings. The molecule has 0 amide bonds. The summed E-state index contributed by atoms with van der Waals surface area (Å²) in [4.78, 5) is 10.7. The lowest BCUT2D eigenvalue weighted by atomic mass is 10.2. The Kier molecular flexibility index (Phi) is 4.28. The van der Waals surface area contributed by atoms with Crippen LogP contribution in [0.5, 0.6) is 0 Å². The second-order valence-corrected chi connectivity index (χ2v) is 6.12. The number of hydrogen-bond acceptors (Lipinski definition) is 4. The first-order valence-electron chi connectivity index (χ1n) is 5.26. The van der Waals surface area contributed by atoms with E-state index in [0.29, 0.717) is 12.8 Å². The van der Waals surface area contributed by atoms with E-state index in [9.17, 15) is 18.3 Å². The fourth-order valence-corrected chi connectivity index (χ4v) is 3.63. The number of aliphatic carboxylic acids is 1. The first-order valence-corrected chi connectivity index (χ1v) is 6.81. The zero-order chi connectivity index (χ0) is 12.3. The summed E-state index contributed by atoms with van der Waals surface area (Å²) in [5, 5.41) is 17.4. The third-order valence-corrected chi connectivity index (χ3v) is 4.71. The van der Waals surface area contributed by atoms with Crippen LogP contribution in [0.25, 0.3) is 0 Å². The topological polar surface area (TPSA) is 104 Å². The Morgan fingerprint density at radius 3 is 2.25 bits per heavy atom. The van der Waals surface area contributed by atoms with Crippen LogP contribution in [0.3, 0.4) is 0 Å². The molecule has 94 valence electrons. The molecule has 0 radical (unpaired) electrons. The minimum Gasteiger partial charge on any atom is -0.480 e. The average Bonchev–Trinajstić information content (AvgIpc) is 2.66. The number of aliphatic hydroxyl groups excluding tert-OH is 1. The van der Waals surface area contributed by atoms with Gasteiger partial charge < -0.3 is 10.2 Å². The number of nitrogens with one attached hydrogen (secondary N) is 1. The lowest BCUT2D eigenvalue weighted by molar-refractivity contribution is -0.141. The van der Waals surface area contributed by atoms with E-state index in [4.69, 9.17) is 5.11 Å². The molecule has 6 nitrogen and oxygen atoms in total. The highest BCUT2D eigenvalue weighted by atomic mass is 32.2. The van der Waals surface area contributed by atoms with Crippen molar-refractivity contribution in [2.45, 2.75) is 50.0 Å². The Bertz CT molecular complexity index is 345. The van der Waals surface area contributed by atoms with E-state index >= 15 is 0 Å². The quantitative estimate of drug-likeness (QED) is 0.621. The zero-order valence-corrected chi connectivity index (χ0v) is 9.90. The summed E-state index contributed by atoms with van der Waals surface area (Å²) in [7, 11) is -3.64. The summed E-state index contributed by atoms with van der Waals surface area (Å²) in [6, 6.07) is -1.47. The summed E-state index contributed by atoms with van der Waals surface area (Å²) < 4.78 is 25.6. The van der Waals surface area contributed by atoms with Crippen LogP contribution in [0, 0.1) is 0 Å². The fourth-order valence-electron chi connectivity index (χ4n) is 1.83. The lowest BCUT2D eigenvalue weighted by Gasteiger charge is -2.19. The van der Waals surface area contributed by atoms with Crippen molar-refractivity contribution in [1.82, 2.24) is 4.72 Å². The largest absolute Gasteiger partial charge is 0.480 e. The van der Waals surface area contributed by atoms with Crippen LogP contribution < -0.4 is 4.72 Å². The molecule has 1 aliphatic carbocycles. The third-order valence-electron chi connectivity index (χ3n) is 2.78. The Balaban J connectivity index is 2.73. The number of carbonyl (C=O) groups is 1. The van der Waals surface area contributed by atoms with E-state index in [1.807, 2.05) is 0 Å². The van der Waals surface area contributed by atoms with Crippen molar-refractivity contribution < 1.29 is 23.4 Å². The van der Waals surface area contributed by atoms with Gasteiger partial charge in [0.2, 0.25) is 10.0 Å². The second-order valence-electron chi connectivity index (χ2n) is 4.13. The molecule has 0 aliphatic heterocycles. The highest BCUT2D eigenvalue weighted by molar-refractivity contribution is 7.90. The van der Waals surface area contributed by atoms with Crippen LogP contribution >= 0.6 is 0 Å². The second kappa shape index (κ2) is 5.11. The molecule has 2 atom stereocenters. The van der Waals surface area contributed by atoms with Crippen molar-refractivity contribution in [3.63, 3.8) is 0 Å². The highest BCUT2D eigenvalue weighted by Gasteiger charge is 2.34. The molecule has 0 saturated heterocycles. The molecular formula is C9H17NO5S. The van der Waals surface area contributed by atoms with Gasteiger partial charge in [-0.2, -0.15) is 4.72 Å². The molecule has 0 bridgehead atoms. The molecule has 16 heavy (non-hydrogen) atoms. The van der Waals surface area contributed by atoms with Crippen molar-refractivity contribution in [2.75, 3.05) is 0 Å². The van der Waals surface area contributed by atoms with Gasteiger partial charge in [0, 0.05) is 0 Å². The summed E-state index contributed by atoms with van der Waals surface area (Å²) >= 11 is 0. The van der Waals surface area contributed by atoms with Crippen LogP contribution in [0.4, 0.5) is 0 Å². The Hall–Kier alpha value is -0.660. The maximum Gasteiger partial charge on any atom is 0.324 e. The zero-order valence-electron chi connectivity index (χ0n) is 9.09. The summed E-state index contributed by atoms with van der Waals surface area (Å²) in [5.41, 5.74) is 0. The van der Waals surface area contributed by atoms with Gasteiger partial charge in [-0.05, 0) is 19.8 Å². The first kappa shape index (κ1) is 13.4. The number of carboxylic acids is 1. The Morgan fingerprint density at radius 1 is 1.38 bits per heavy atom. The van der Waals surface area contributed by atoms with E-state index in [1.54, 1.807) is 0 Å². The number of rotatable bonds is 5. The van der Waals surface area contributed by atoms with Gasteiger partial charge in [0.25, 0.3) is 0 Å². The third kappa shape index (κ3) is 3.16. The molecule has 1 fully saturated rings. The van der Waals surface area contributed by atoms with Crippen LogP contribution in [-0.4, -0.2) is 42.0 Å². The minimum atomic E-state index is -3.64. The SMILES string of the molecule is C[C@@H](O)[C@H](NS(=O)(=O)C1CCCC1)C(=O)O. The summed E-state index contributed by atoms with van der Waals surface area (Å²) in [6.45, 7) is 1.25. The Labute approximate surface area is 94.7 Å². The van der Waals surface area contributed by atoms with E-state index in [1.165, 1.54) is 6.92 Å². The number of sulfonamides is 1. The monoisotopic (exact) mass is 251 g/mol. The molecular weight excluding hydrogens is 234 g/mol. The van der Waals surface area contributed by atoms with E-state index in [2.05, 4.69) is 4.72 Å².